The quantitative estimate of drug-likeness (QED) is 0.786. The first-order chi connectivity index (χ1) is 8.39. The highest BCUT2D eigenvalue weighted by molar-refractivity contribution is 4.84. The number of hydrogen-bond acceptors (Lipinski definition) is 2. The summed E-state index contributed by atoms with van der Waals surface area (Å²) in [5, 5.41) is 0. The van der Waals surface area contributed by atoms with E-state index in [4.69, 9.17) is 5.73 Å². The first kappa shape index (κ1) is 16.0. The molecule has 18 heavy (non-hydrogen) atoms. The Labute approximate surface area is 114 Å². The van der Waals surface area contributed by atoms with Crippen molar-refractivity contribution in [1.29, 1.82) is 0 Å². The minimum absolute atomic E-state index is 0.251. The molecule has 2 nitrogen and oxygen atoms in total. The molecule has 1 aliphatic rings. The van der Waals surface area contributed by atoms with Crippen molar-refractivity contribution in [1.82, 2.24) is 4.90 Å². The lowest BCUT2D eigenvalue weighted by atomic mass is 9.78. The summed E-state index contributed by atoms with van der Waals surface area (Å²) in [5.74, 6) is 1.77. The SMILES string of the molecule is CCN(CC(C)(C)CN)C1CCCC(C(C)C)C1. The molecule has 2 N–H and O–H groups in total. The zero-order chi connectivity index (χ0) is 13.8. The molecule has 0 heterocycles. The molecule has 0 amide bonds. The summed E-state index contributed by atoms with van der Waals surface area (Å²) in [6, 6.07) is 0.793. The van der Waals surface area contributed by atoms with Crippen molar-refractivity contribution < 1.29 is 0 Å². The van der Waals surface area contributed by atoms with E-state index in [0.717, 1.165) is 31.0 Å². The first-order valence-corrected chi connectivity index (χ1v) is 7.83. The van der Waals surface area contributed by atoms with Gasteiger partial charge in [0.15, 0.2) is 0 Å². The highest BCUT2D eigenvalue weighted by atomic mass is 15.2. The van der Waals surface area contributed by atoms with E-state index in [0.29, 0.717) is 0 Å². The summed E-state index contributed by atoms with van der Waals surface area (Å²) in [5.41, 5.74) is 6.14. The molecule has 0 bridgehead atoms. The fraction of sp³-hybridized carbons (Fsp3) is 1.00. The van der Waals surface area contributed by atoms with Crippen molar-refractivity contribution in [3.63, 3.8) is 0 Å². The van der Waals surface area contributed by atoms with E-state index in [-0.39, 0.29) is 5.41 Å². The molecule has 0 aliphatic heterocycles. The smallest absolute Gasteiger partial charge is 0.00981 e. The van der Waals surface area contributed by atoms with Crippen LogP contribution in [0.3, 0.4) is 0 Å². The number of rotatable bonds is 6. The van der Waals surface area contributed by atoms with Crippen LogP contribution in [0, 0.1) is 17.3 Å². The molecule has 1 aliphatic carbocycles. The largest absolute Gasteiger partial charge is 0.330 e. The van der Waals surface area contributed by atoms with Crippen LogP contribution < -0.4 is 5.73 Å². The van der Waals surface area contributed by atoms with E-state index < -0.39 is 0 Å². The molecule has 0 aromatic carbocycles. The van der Waals surface area contributed by atoms with Crippen LogP contribution in [-0.2, 0) is 0 Å². The van der Waals surface area contributed by atoms with Crippen LogP contribution in [0.2, 0.25) is 0 Å². The highest BCUT2D eigenvalue weighted by Crippen LogP contribution is 2.33. The molecule has 0 spiro atoms. The number of hydrogen-bond donors (Lipinski definition) is 1. The fourth-order valence-corrected chi connectivity index (χ4v) is 3.25. The topological polar surface area (TPSA) is 29.3 Å². The Balaban J connectivity index is 2.59. The van der Waals surface area contributed by atoms with Crippen LogP contribution in [0.4, 0.5) is 0 Å². The van der Waals surface area contributed by atoms with Gasteiger partial charge in [0, 0.05) is 12.6 Å². The Hall–Kier alpha value is -0.0800. The Morgan fingerprint density at radius 1 is 1.28 bits per heavy atom. The van der Waals surface area contributed by atoms with Crippen LogP contribution in [0.15, 0.2) is 0 Å². The standard InChI is InChI=1S/C16H34N2/c1-6-18(12-16(4,5)11-17)15-9-7-8-14(10-15)13(2)3/h13-15H,6-12,17H2,1-5H3. The number of nitrogens with two attached hydrogens (primary N) is 1. The van der Waals surface area contributed by atoms with Crippen molar-refractivity contribution in [3.8, 4) is 0 Å². The zero-order valence-electron chi connectivity index (χ0n) is 13.2. The van der Waals surface area contributed by atoms with E-state index in [2.05, 4.69) is 39.5 Å². The van der Waals surface area contributed by atoms with Crippen molar-refractivity contribution in [3.05, 3.63) is 0 Å². The maximum Gasteiger partial charge on any atom is 0.00981 e. The second-order valence-electron chi connectivity index (χ2n) is 7.26. The summed E-state index contributed by atoms with van der Waals surface area (Å²) in [6.07, 6.45) is 5.63. The Morgan fingerprint density at radius 2 is 1.94 bits per heavy atom. The molecule has 0 aromatic rings. The van der Waals surface area contributed by atoms with Gasteiger partial charge in [0.2, 0.25) is 0 Å². The molecule has 0 saturated heterocycles. The lowest BCUT2D eigenvalue weighted by Crippen LogP contribution is -2.46. The van der Waals surface area contributed by atoms with E-state index in [9.17, 15) is 0 Å². The van der Waals surface area contributed by atoms with Crippen molar-refractivity contribution in [2.24, 2.45) is 23.0 Å². The molecular weight excluding hydrogens is 220 g/mol. The Morgan fingerprint density at radius 3 is 2.44 bits per heavy atom. The Kier molecular flexibility index (Phi) is 6.13. The molecule has 108 valence electrons. The summed E-state index contributed by atoms with van der Waals surface area (Å²) in [4.78, 5) is 2.68. The van der Waals surface area contributed by atoms with Gasteiger partial charge in [-0.15, -0.1) is 0 Å². The van der Waals surface area contributed by atoms with E-state index in [1.54, 1.807) is 0 Å². The molecule has 2 unspecified atom stereocenters. The summed E-state index contributed by atoms with van der Waals surface area (Å²) < 4.78 is 0. The summed E-state index contributed by atoms with van der Waals surface area (Å²) >= 11 is 0. The van der Waals surface area contributed by atoms with Crippen molar-refractivity contribution in [2.75, 3.05) is 19.6 Å². The lowest BCUT2D eigenvalue weighted by molar-refractivity contribution is 0.0845. The van der Waals surface area contributed by atoms with Crippen LogP contribution in [0.1, 0.15) is 60.3 Å². The third-order valence-corrected chi connectivity index (χ3v) is 4.74. The predicted molar refractivity (Wildman–Crippen MR) is 80.7 cm³/mol. The van der Waals surface area contributed by atoms with Gasteiger partial charge >= 0.3 is 0 Å². The van der Waals surface area contributed by atoms with Crippen LogP contribution in [0.5, 0.6) is 0 Å². The van der Waals surface area contributed by atoms with E-state index in [1.165, 1.54) is 32.2 Å². The molecule has 1 saturated carbocycles. The molecule has 0 aromatic heterocycles. The van der Waals surface area contributed by atoms with E-state index in [1.807, 2.05) is 0 Å². The Bertz CT molecular complexity index is 235. The van der Waals surface area contributed by atoms with Gasteiger partial charge in [-0.3, -0.25) is 0 Å². The summed E-state index contributed by atoms with van der Waals surface area (Å²) in [7, 11) is 0. The third kappa shape index (κ3) is 4.55. The average Bonchev–Trinajstić information content (AvgIpc) is 2.36. The molecule has 0 radical (unpaired) electrons. The van der Waals surface area contributed by atoms with Gasteiger partial charge in [-0.1, -0.05) is 47.5 Å². The maximum absolute atomic E-state index is 5.89. The van der Waals surface area contributed by atoms with Gasteiger partial charge in [0.25, 0.3) is 0 Å². The third-order valence-electron chi connectivity index (χ3n) is 4.74. The molecule has 2 heteroatoms. The van der Waals surface area contributed by atoms with E-state index >= 15 is 0 Å². The minimum atomic E-state index is 0.251. The molecule has 2 atom stereocenters. The minimum Gasteiger partial charge on any atom is -0.330 e. The van der Waals surface area contributed by atoms with Gasteiger partial charge in [-0.2, -0.15) is 0 Å². The highest BCUT2D eigenvalue weighted by Gasteiger charge is 2.30. The van der Waals surface area contributed by atoms with Crippen LogP contribution in [-0.4, -0.2) is 30.6 Å². The van der Waals surface area contributed by atoms with Gasteiger partial charge < -0.3 is 10.6 Å². The second kappa shape index (κ2) is 6.91. The molecular formula is C16H34N2. The lowest BCUT2D eigenvalue weighted by Gasteiger charge is -2.41. The average molecular weight is 254 g/mol. The van der Waals surface area contributed by atoms with Gasteiger partial charge in [-0.25, -0.2) is 0 Å². The van der Waals surface area contributed by atoms with Gasteiger partial charge in [0.1, 0.15) is 0 Å². The van der Waals surface area contributed by atoms with Gasteiger partial charge in [0.05, 0.1) is 0 Å². The predicted octanol–water partition coefficient (Wildman–Crippen LogP) is 3.51. The monoisotopic (exact) mass is 254 g/mol. The van der Waals surface area contributed by atoms with Crippen LogP contribution >= 0.6 is 0 Å². The second-order valence-corrected chi connectivity index (χ2v) is 7.26. The van der Waals surface area contributed by atoms with Gasteiger partial charge in [-0.05, 0) is 43.2 Å². The zero-order valence-corrected chi connectivity index (χ0v) is 13.2. The normalized spacial score (nSPS) is 26.0. The van der Waals surface area contributed by atoms with Crippen molar-refractivity contribution >= 4 is 0 Å². The first-order valence-electron chi connectivity index (χ1n) is 7.83. The van der Waals surface area contributed by atoms with Crippen molar-refractivity contribution in [2.45, 2.75) is 66.3 Å². The fourth-order valence-electron chi connectivity index (χ4n) is 3.25. The van der Waals surface area contributed by atoms with Crippen LogP contribution in [0.25, 0.3) is 0 Å². The number of nitrogens with zero attached hydrogens (tertiary/aromatic N) is 1. The molecule has 1 rings (SSSR count). The summed E-state index contributed by atoms with van der Waals surface area (Å²) in [6.45, 7) is 14.7. The maximum atomic E-state index is 5.89. The molecule has 1 fully saturated rings.